The number of nitrogens with one attached hydrogen (secondary N) is 4. The second-order valence-electron chi connectivity index (χ2n) is 11.1. The van der Waals surface area contributed by atoms with E-state index in [0.717, 1.165) is 66.2 Å². The Morgan fingerprint density at radius 3 is 2.44 bits per heavy atom. The van der Waals surface area contributed by atoms with Gasteiger partial charge in [0.1, 0.15) is 12.3 Å². The molecule has 2 aliphatic rings. The van der Waals surface area contributed by atoms with Crippen LogP contribution in [0.3, 0.4) is 0 Å². The number of halogens is 1. The molecule has 14 heteroatoms. The Balaban J connectivity index is 1.05. The van der Waals surface area contributed by atoms with Crippen molar-refractivity contribution in [2.75, 3.05) is 25.0 Å². The largest absolute Gasteiger partial charge is 0.480 e. The summed E-state index contributed by atoms with van der Waals surface area (Å²) in [6.07, 6.45) is 6.93. The van der Waals surface area contributed by atoms with Gasteiger partial charge in [-0.25, -0.2) is 14.0 Å². The molecule has 4 amide bonds. The fraction of sp³-hybridized carbons (Fsp3) is 0.323. The number of aliphatic carboxylic acids is 1. The van der Waals surface area contributed by atoms with E-state index in [9.17, 15) is 18.8 Å². The number of carbonyl (C=O) groups is 3. The number of anilines is 1. The van der Waals surface area contributed by atoms with E-state index >= 15 is 0 Å². The van der Waals surface area contributed by atoms with Crippen molar-refractivity contribution >= 4 is 45.3 Å². The molecule has 0 radical (unpaired) electrons. The number of hydrogen-bond donors (Lipinski definition) is 5. The Bertz CT molecular complexity index is 1700. The maximum absolute atomic E-state index is 14.9. The van der Waals surface area contributed by atoms with E-state index in [1.165, 1.54) is 23.5 Å². The lowest BCUT2D eigenvalue weighted by Crippen LogP contribution is -2.48. The van der Waals surface area contributed by atoms with Crippen LogP contribution in [0.2, 0.25) is 0 Å². The first-order chi connectivity index (χ1) is 21.8. The van der Waals surface area contributed by atoms with Gasteiger partial charge in [-0.1, -0.05) is 6.07 Å². The van der Waals surface area contributed by atoms with E-state index < -0.39 is 24.4 Å². The predicted octanol–water partition coefficient (Wildman–Crippen LogP) is 4.92. The highest BCUT2D eigenvalue weighted by Crippen LogP contribution is 2.39. The standard InChI is InChI=1S/C31H32FN7O5S/c32-22-13-21(38-31(43)37-19-2-3-19)4-6-25(22)44-26-7-10-33-24-14-27(45-29(24)26)23-5-1-18(15-34-23)17-39-11-8-20(9-12-39)36-30(42)35-16-28(40)41/h1,4-7,10,13-15,19-20H,2-3,8-9,11-12,16-17H2,(H,40,41)(H2,35,36,42)(H2,37,38,43). The first-order valence-corrected chi connectivity index (χ1v) is 15.5. The molecule has 5 N–H and O–H groups in total. The number of urea groups is 2. The fourth-order valence-corrected chi connectivity index (χ4v) is 6.07. The van der Waals surface area contributed by atoms with E-state index in [-0.39, 0.29) is 23.9 Å². The van der Waals surface area contributed by atoms with Gasteiger partial charge in [-0.15, -0.1) is 11.3 Å². The number of fused-ring (bicyclic) bond motifs is 1. The second-order valence-corrected chi connectivity index (χ2v) is 12.1. The van der Waals surface area contributed by atoms with Crippen LogP contribution in [0.1, 0.15) is 31.2 Å². The van der Waals surface area contributed by atoms with Crippen LogP contribution in [-0.2, 0) is 11.3 Å². The zero-order chi connectivity index (χ0) is 31.3. The SMILES string of the molecule is O=C(O)CNC(=O)NC1CCN(Cc2ccc(-c3cc4nccc(Oc5ccc(NC(=O)NC6CC6)cc5F)c4s3)nc2)CC1. The summed E-state index contributed by atoms with van der Waals surface area (Å²) in [5, 5.41) is 19.3. The third kappa shape index (κ3) is 8.02. The highest BCUT2D eigenvalue weighted by molar-refractivity contribution is 7.22. The van der Waals surface area contributed by atoms with Gasteiger partial charge < -0.3 is 31.1 Å². The van der Waals surface area contributed by atoms with Crippen LogP contribution in [0.15, 0.2) is 54.9 Å². The quantitative estimate of drug-likeness (QED) is 0.165. The first-order valence-electron chi connectivity index (χ1n) is 14.7. The minimum absolute atomic E-state index is 0.00340. The Kier molecular flexibility index (Phi) is 9.03. The van der Waals surface area contributed by atoms with E-state index in [1.54, 1.807) is 18.3 Å². The van der Waals surface area contributed by atoms with Gasteiger partial charge in [0, 0.05) is 61.9 Å². The molecule has 1 aliphatic carbocycles. The normalized spacial score (nSPS) is 15.4. The average molecular weight is 634 g/mol. The molecule has 12 nitrogen and oxygen atoms in total. The molecule has 0 unspecified atom stereocenters. The first kappa shape index (κ1) is 30.2. The van der Waals surface area contributed by atoms with Crippen molar-refractivity contribution in [2.24, 2.45) is 0 Å². The predicted molar refractivity (Wildman–Crippen MR) is 167 cm³/mol. The summed E-state index contributed by atoms with van der Waals surface area (Å²) in [7, 11) is 0. The summed E-state index contributed by atoms with van der Waals surface area (Å²) in [6, 6.07) is 11.3. The van der Waals surface area contributed by atoms with Crippen LogP contribution in [0.5, 0.6) is 11.5 Å². The molecular weight excluding hydrogens is 601 g/mol. The van der Waals surface area contributed by atoms with Crippen molar-refractivity contribution in [3.05, 3.63) is 66.2 Å². The van der Waals surface area contributed by atoms with E-state index in [4.69, 9.17) is 9.84 Å². The van der Waals surface area contributed by atoms with E-state index in [0.29, 0.717) is 17.0 Å². The highest BCUT2D eigenvalue weighted by Gasteiger charge is 2.24. The smallest absolute Gasteiger partial charge is 0.323 e. The second kappa shape index (κ2) is 13.4. The molecule has 2 fully saturated rings. The van der Waals surface area contributed by atoms with Crippen molar-refractivity contribution in [1.82, 2.24) is 30.8 Å². The minimum Gasteiger partial charge on any atom is -0.480 e. The number of rotatable bonds is 10. The van der Waals surface area contributed by atoms with Crippen molar-refractivity contribution in [3.8, 4) is 22.1 Å². The van der Waals surface area contributed by atoms with Crippen molar-refractivity contribution < 1.29 is 28.6 Å². The molecule has 0 bridgehead atoms. The summed E-state index contributed by atoms with van der Waals surface area (Å²) in [5.74, 6) is -1.17. The minimum atomic E-state index is -1.08. The topological polar surface area (TPSA) is 158 Å². The van der Waals surface area contributed by atoms with Crippen LogP contribution in [0, 0.1) is 5.82 Å². The number of amides is 4. The van der Waals surface area contributed by atoms with Crippen LogP contribution >= 0.6 is 11.3 Å². The lowest BCUT2D eigenvalue weighted by molar-refractivity contribution is -0.135. The number of benzene rings is 1. The summed E-state index contributed by atoms with van der Waals surface area (Å²) < 4.78 is 21.6. The Labute approximate surface area is 262 Å². The molecule has 1 saturated heterocycles. The molecule has 45 heavy (non-hydrogen) atoms. The van der Waals surface area contributed by atoms with Crippen molar-refractivity contribution in [2.45, 2.75) is 44.3 Å². The average Bonchev–Trinajstić information content (AvgIpc) is 3.72. The number of likely N-dealkylation sites (tertiary alicyclic amines) is 1. The van der Waals surface area contributed by atoms with Gasteiger partial charge in [0.15, 0.2) is 11.6 Å². The summed E-state index contributed by atoms with van der Waals surface area (Å²) in [4.78, 5) is 46.8. The Hall–Kier alpha value is -4.82. The highest BCUT2D eigenvalue weighted by atomic mass is 32.1. The molecule has 0 spiro atoms. The van der Waals surface area contributed by atoms with Crippen molar-refractivity contribution in [3.63, 3.8) is 0 Å². The number of nitrogens with zero attached hydrogens (tertiary/aromatic N) is 3. The number of aromatic nitrogens is 2. The maximum Gasteiger partial charge on any atom is 0.323 e. The molecule has 4 aromatic rings. The summed E-state index contributed by atoms with van der Waals surface area (Å²) in [5.41, 5.74) is 2.90. The van der Waals surface area contributed by atoms with Gasteiger partial charge in [0.25, 0.3) is 0 Å². The Morgan fingerprint density at radius 2 is 1.73 bits per heavy atom. The number of thiophene rings is 1. The van der Waals surface area contributed by atoms with E-state index in [1.807, 2.05) is 24.4 Å². The molecule has 1 aliphatic heterocycles. The zero-order valence-electron chi connectivity index (χ0n) is 24.2. The van der Waals surface area contributed by atoms with Gasteiger partial charge in [-0.2, -0.15) is 0 Å². The molecule has 4 heterocycles. The van der Waals surface area contributed by atoms with Crippen LogP contribution in [0.4, 0.5) is 19.7 Å². The molecule has 3 aromatic heterocycles. The van der Waals surface area contributed by atoms with Gasteiger partial charge in [-0.3, -0.25) is 19.7 Å². The summed E-state index contributed by atoms with van der Waals surface area (Å²) in [6.45, 7) is 1.91. The van der Waals surface area contributed by atoms with Gasteiger partial charge in [-0.05, 0) is 55.5 Å². The molecule has 1 aromatic carbocycles. The molecular formula is C31H32FN7O5S. The maximum atomic E-state index is 14.9. The fourth-order valence-electron chi connectivity index (χ4n) is 5.03. The zero-order valence-corrected chi connectivity index (χ0v) is 25.0. The number of carboxylic acids is 1. The lowest BCUT2D eigenvalue weighted by Gasteiger charge is -2.32. The third-order valence-corrected chi connectivity index (χ3v) is 8.67. The van der Waals surface area contributed by atoms with Crippen LogP contribution in [-0.4, -0.2) is 69.7 Å². The number of piperidine rings is 1. The number of carboxylic acid groups (broad SMARTS) is 1. The van der Waals surface area contributed by atoms with Crippen molar-refractivity contribution in [1.29, 1.82) is 0 Å². The van der Waals surface area contributed by atoms with Gasteiger partial charge in [0.05, 0.1) is 20.8 Å². The van der Waals surface area contributed by atoms with Crippen LogP contribution < -0.4 is 26.0 Å². The van der Waals surface area contributed by atoms with Crippen LogP contribution in [0.25, 0.3) is 20.8 Å². The molecule has 234 valence electrons. The van der Waals surface area contributed by atoms with Gasteiger partial charge in [0.2, 0.25) is 0 Å². The lowest BCUT2D eigenvalue weighted by atomic mass is 10.0. The number of pyridine rings is 2. The molecule has 1 saturated carbocycles. The number of hydrogen-bond acceptors (Lipinski definition) is 8. The van der Waals surface area contributed by atoms with E-state index in [2.05, 4.69) is 36.1 Å². The summed E-state index contributed by atoms with van der Waals surface area (Å²) >= 11 is 1.46. The number of ether oxygens (including phenoxy) is 1. The Morgan fingerprint density at radius 1 is 0.956 bits per heavy atom. The molecule has 6 rings (SSSR count). The monoisotopic (exact) mass is 633 g/mol. The molecule has 0 atom stereocenters. The number of carbonyl (C=O) groups excluding carboxylic acids is 2. The van der Waals surface area contributed by atoms with Gasteiger partial charge >= 0.3 is 18.0 Å². The third-order valence-electron chi connectivity index (χ3n) is 7.50.